The molecule has 0 spiro atoms. The summed E-state index contributed by atoms with van der Waals surface area (Å²) in [4.78, 5) is 2.37. The van der Waals surface area contributed by atoms with Gasteiger partial charge in [0, 0.05) is 37.7 Å². The molecule has 0 radical (unpaired) electrons. The van der Waals surface area contributed by atoms with Crippen molar-refractivity contribution in [3.05, 3.63) is 90.0 Å². The predicted octanol–water partition coefficient (Wildman–Crippen LogP) is 3.26. The Morgan fingerprint density at radius 1 is 0.917 bits per heavy atom. The molecule has 1 aromatic carbocycles. The highest BCUT2D eigenvalue weighted by molar-refractivity contribution is 5.46. The van der Waals surface area contributed by atoms with E-state index in [9.17, 15) is 0 Å². The summed E-state index contributed by atoms with van der Waals surface area (Å²) in [7, 11) is 0. The molecule has 0 unspecified atom stereocenters. The summed E-state index contributed by atoms with van der Waals surface area (Å²) >= 11 is 0. The predicted molar refractivity (Wildman–Crippen MR) is 93.2 cm³/mol. The Morgan fingerprint density at radius 2 is 1.79 bits per heavy atom. The molecule has 5 nitrogen and oxygen atoms in total. The second-order valence-corrected chi connectivity index (χ2v) is 5.92. The number of nitrogens with zero attached hydrogens (tertiary/aromatic N) is 4. The minimum Gasteiger partial charge on any atom is -0.287 e. The third-order valence-corrected chi connectivity index (χ3v) is 4.01. The Kier molecular flexibility index (Phi) is 4.08. The van der Waals surface area contributed by atoms with Crippen LogP contribution in [0.15, 0.2) is 73.1 Å². The van der Waals surface area contributed by atoms with E-state index in [2.05, 4.69) is 56.6 Å². The second kappa shape index (κ2) is 6.68. The first kappa shape index (κ1) is 14.7. The van der Waals surface area contributed by atoms with E-state index in [0.29, 0.717) is 0 Å². The third-order valence-electron chi connectivity index (χ3n) is 4.01. The number of fused-ring (bicyclic) bond motifs is 1. The Labute approximate surface area is 140 Å². The summed E-state index contributed by atoms with van der Waals surface area (Å²) < 4.78 is 1.92. The van der Waals surface area contributed by atoms with Crippen molar-refractivity contribution in [3.63, 3.8) is 0 Å². The van der Waals surface area contributed by atoms with Gasteiger partial charge in [0.15, 0.2) is 0 Å². The molecule has 3 aromatic heterocycles. The molecule has 1 N–H and O–H groups in total. The van der Waals surface area contributed by atoms with Crippen LogP contribution in [0.4, 0.5) is 0 Å². The molecular weight excluding hydrogens is 298 g/mol. The van der Waals surface area contributed by atoms with Crippen LogP contribution in [0.3, 0.4) is 0 Å². The summed E-state index contributed by atoms with van der Waals surface area (Å²) in [5, 5.41) is 11.8. The maximum absolute atomic E-state index is 4.67. The minimum absolute atomic E-state index is 0.787. The lowest BCUT2D eigenvalue weighted by Crippen LogP contribution is -2.23. The number of pyridine rings is 1. The van der Waals surface area contributed by atoms with Crippen LogP contribution in [0.25, 0.3) is 5.52 Å². The Balaban J connectivity index is 1.56. The van der Waals surface area contributed by atoms with E-state index in [1.165, 1.54) is 5.56 Å². The zero-order valence-electron chi connectivity index (χ0n) is 13.3. The highest BCUT2D eigenvalue weighted by Crippen LogP contribution is 2.14. The van der Waals surface area contributed by atoms with Crippen LogP contribution in [0, 0.1) is 0 Å². The van der Waals surface area contributed by atoms with Gasteiger partial charge in [0.1, 0.15) is 0 Å². The lowest BCUT2D eigenvalue weighted by Gasteiger charge is -2.20. The molecule has 0 saturated carbocycles. The van der Waals surface area contributed by atoms with Gasteiger partial charge in [-0.05, 0) is 29.8 Å². The number of aromatic amines is 1. The van der Waals surface area contributed by atoms with Crippen molar-refractivity contribution in [3.8, 4) is 0 Å². The fourth-order valence-electron chi connectivity index (χ4n) is 2.92. The lowest BCUT2D eigenvalue weighted by atomic mass is 10.2. The van der Waals surface area contributed by atoms with E-state index in [0.717, 1.165) is 36.5 Å². The summed E-state index contributed by atoms with van der Waals surface area (Å²) in [5.41, 5.74) is 4.58. The number of nitrogens with one attached hydrogen (secondary N) is 1. The van der Waals surface area contributed by atoms with Crippen LogP contribution in [-0.2, 0) is 19.6 Å². The van der Waals surface area contributed by atoms with Crippen molar-refractivity contribution < 1.29 is 0 Å². The fraction of sp³-hybridized carbons (Fsp3) is 0.158. The van der Waals surface area contributed by atoms with E-state index in [1.54, 1.807) is 6.20 Å². The maximum atomic E-state index is 4.67. The Morgan fingerprint density at radius 3 is 2.58 bits per heavy atom. The van der Waals surface area contributed by atoms with Crippen LogP contribution < -0.4 is 0 Å². The van der Waals surface area contributed by atoms with Gasteiger partial charge in [0.2, 0.25) is 0 Å². The van der Waals surface area contributed by atoms with Crippen molar-refractivity contribution in [2.45, 2.75) is 19.6 Å². The van der Waals surface area contributed by atoms with E-state index in [-0.39, 0.29) is 0 Å². The van der Waals surface area contributed by atoms with E-state index < -0.39 is 0 Å². The quantitative estimate of drug-likeness (QED) is 0.594. The van der Waals surface area contributed by atoms with Gasteiger partial charge in [-0.1, -0.05) is 36.4 Å². The number of rotatable bonds is 6. The van der Waals surface area contributed by atoms with Crippen molar-refractivity contribution >= 4 is 5.52 Å². The van der Waals surface area contributed by atoms with Gasteiger partial charge in [0.05, 0.1) is 11.2 Å². The molecule has 0 aliphatic carbocycles. The van der Waals surface area contributed by atoms with Crippen LogP contribution in [0.2, 0.25) is 0 Å². The summed E-state index contributed by atoms with van der Waals surface area (Å²) in [6.45, 7) is 2.46. The molecule has 0 fully saturated rings. The lowest BCUT2D eigenvalue weighted by molar-refractivity contribution is 0.241. The first-order valence-corrected chi connectivity index (χ1v) is 8.05. The number of hydrogen-bond acceptors (Lipinski definition) is 3. The first-order chi connectivity index (χ1) is 11.9. The zero-order valence-corrected chi connectivity index (χ0v) is 13.3. The minimum atomic E-state index is 0.787. The molecule has 0 amide bonds. The smallest absolute Gasteiger partial charge is 0.0775 e. The third kappa shape index (κ3) is 3.36. The molecular formula is C19H19N5. The molecule has 0 aliphatic heterocycles. The van der Waals surface area contributed by atoms with E-state index >= 15 is 0 Å². The fourth-order valence-corrected chi connectivity index (χ4v) is 2.92. The monoisotopic (exact) mass is 317 g/mol. The van der Waals surface area contributed by atoms with Gasteiger partial charge in [-0.2, -0.15) is 10.2 Å². The molecule has 4 rings (SSSR count). The topological polar surface area (TPSA) is 49.2 Å². The molecule has 0 bridgehead atoms. The largest absolute Gasteiger partial charge is 0.287 e. The van der Waals surface area contributed by atoms with E-state index in [1.807, 2.05) is 35.0 Å². The standard InChI is InChI=1S/C19H19N5/c1-2-6-16(7-3-1)13-23(14-17-9-10-20-21-17)15-18-12-19-8-4-5-11-24(19)22-18/h1-12H,13-15H2,(H,20,21). The summed E-state index contributed by atoms with van der Waals surface area (Å²) in [6, 6.07) is 20.8. The van der Waals surface area contributed by atoms with Crippen molar-refractivity contribution in [1.29, 1.82) is 0 Å². The molecule has 0 atom stereocenters. The number of benzene rings is 1. The molecule has 24 heavy (non-hydrogen) atoms. The Bertz CT molecular complexity index is 863. The average molecular weight is 317 g/mol. The highest BCUT2D eigenvalue weighted by atomic mass is 15.2. The number of aromatic nitrogens is 4. The number of hydrogen-bond donors (Lipinski definition) is 1. The van der Waals surface area contributed by atoms with Gasteiger partial charge in [0.25, 0.3) is 0 Å². The maximum Gasteiger partial charge on any atom is 0.0775 e. The molecule has 5 heteroatoms. The van der Waals surface area contributed by atoms with Gasteiger partial charge >= 0.3 is 0 Å². The van der Waals surface area contributed by atoms with Crippen LogP contribution in [0.5, 0.6) is 0 Å². The van der Waals surface area contributed by atoms with Crippen molar-refractivity contribution in [1.82, 2.24) is 24.7 Å². The molecule has 0 aliphatic rings. The van der Waals surface area contributed by atoms with Crippen LogP contribution in [-0.4, -0.2) is 24.7 Å². The van der Waals surface area contributed by atoms with Crippen LogP contribution in [0.1, 0.15) is 17.0 Å². The van der Waals surface area contributed by atoms with Gasteiger partial charge in [-0.3, -0.25) is 10.00 Å². The van der Waals surface area contributed by atoms with Crippen molar-refractivity contribution in [2.75, 3.05) is 0 Å². The molecule has 0 saturated heterocycles. The van der Waals surface area contributed by atoms with Gasteiger partial charge < -0.3 is 0 Å². The van der Waals surface area contributed by atoms with Crippen molar-refractivity contribution in [2.24, 2.45) is 0 Å². The molecule has 4 aromatic rings. The summed E-state index contributed by atoms with van der Waals surface area (Å²) in [6.07, 6.45) is 3.77. The van der Waals surface area contributed by atoms with Gasteiger partial charge in [-0.15, -0.1) is 0 Å². The second-order valence-electron chi connectivity index (χ2n) is 5.92. The highest BCUT2D eigenvalue weighted by Gasteiger charge is 2.11. The van der Waals surface area contributed by atoms with E-state index in [4.69, 9.17) is 0 Å². The molecule has 3 heterocycles. The number of H-pyrrole nitrogens is 1. The van der Waals surface area contributed by atoms with Gasteiger partial charge in [-0.25, -0.2) is 4.52 Å². The summed E-state index contributed by atoms with van der Waals surface area (Å²) in [5.74, 6) is 0. The first-order valence-electron chi connectivity index (χ1n) is 8.05. The Hall–Kier alpha value is -2.92. The normalized spacial score (nSPS) is 11.4. The zero-order chi connectivity index (χ0) is 16.2. The average Bonchev–Trinajstić information content (AvgIpc) is 3.24. The SMILES string of the molecule is c1ccc(CN(Cc2cc3ccccn3n2)Cc2ccn[nH]2)cc1. The molecule has 120 valence electrons. The van der Waals surface area contributed by atoms with Crippen LogP contribution >= 0.6 is 0 Å².